The first kappa shape index (κ1) is 57.1. The van der Waals surface area contributed by atoms with Crippen molar-refractivity contribution in [3.8, 4) is 5.75 Å². The Bertz CT molecular complexity index is 961. The molecular formula is C43H73BFO3. The van der Waals surface area contributed by atoms with Gasteiger partial charge in [0, 0.05) is 22.6 Å². The number of aryl methyl sites for hydroxylation is 1. The molecule has 3 aromatic carbocycles. The highest BCUT2D eigenvalue weighted by atomic mass is 19.2. The Labute approximate surface area is 300 Å². The molecule has 5 heteroatoms. The number of halogens is 1. The zero-order valence-corrected chi connectivity index (χ0v) is 32.1. The van der Waals surface area contributed by atoms with Gasteiger partial charge in [-0.05, 0) is 49.6 Å². The summed E-state index contributed by atoms with van der Waals surface area (Å²) in [5.74, 6) is -0.731. The van der Waals surface area contributed by atoms with E-state index in [0.29, 0.717) is 0 Å². The number of benzene rings is 3. The van der Waals surface area contributed by atoms with Crippen LogP contribution in [0.3, 0.4) is 0 Å². The normalized spacial score (nSPS) is 11.4. The van der Waals surface area contributed by atoms with Gasteiger partial charge >= 0.3 is 0 Å². The lowest BCUT2D eigenvalue weighted by Crippen LogP contribution is -2.19. The van der Waals surface area contributed by atoms with Crippen molar-refractivity contribution in [2.45, 2.75) is 114 Å². The molecule has 0 unspecified atom stereocenters. The summed E-state index contributed by atoms with van der Waals surface area (Å²) in [5, 5.41) is 0. The maximum atomic E-state index is 12.9. The third-order valence-electron chi connectivity index (χ3n) is 5.63. The minimum absolute atomic E-state index is 0. The summed E-state index contributed by atoms with van der Waals surface area (Å²) in [5.41, 5.74) is 2.66. The molecule has 0 saturated heterocycles. The standard InChI is InChI=1S/C9H12O.C7H9FO.C7H8O.C7H8.C4H8.4C2H6.CH4.B/c1-10-8-7-9-5-3-2-4-6-9;1-9-7(8)5-3-2-4-6-7;1-8-7-5-3-2-4-6-7;1-7-5-3-2-4-6-7;1-2-4-3-1;4*1-2;;/h2-6H,7-8H2,1H3;3-6H,2H2,1H3;2-6H,1H3;2-6H,1H3;1-4H2;4*1-2H3;1H4;. The Morgan fingerprint density at radius 2 is 0.979 bits per heavy atom. The molecule has 48 heavy (non-hydrogen) atoms. The number of hydrogen-bond donors (Lipinski definition) is 0. The van der Waals surface area contributed by atoms with Crippen molar-refractivity contribution in [3.63, 3.8) is 0 Å². The van der Waals surface area contributed by atoms with E-state index in [2.05, 4.69) is 35.9 Å². The van der Waals surface area contributed by atoms with E-state index in [0.717, 1.165) is 25.2 Å². The van der Waals surface area contributed by atoms with Crippen molar-refractivity contribution < 1.29 is 18.6 Å². The molecule has 3 radical (unpaired) electrons. The highest BCUT2D eigenvalue weighted by molar-refractivity contribution is 5.75. The fourth-order valence-electron chi connectivity index (χ4n) is 2.93. The molecule has 273 valence electrons. The van der Waals surface area contributed by atoms with Gasteiger partial charge in [0.25, 0.3) is 0 Å². The molecule has 0 heterocycles. The van der Waals surface area contributed by atoms with Gasteiger partial charge in [-0.25, -0.2) is 4.39 Å². The lowest BCUT2D eigenvalue weighted by atomic mass is 10.0. The predicted octanol–water partition coefficient (Wildman–Crippen LogP) is 13.3. The second-order valence-electron chi connectivity index (χ2n) is 8.76. The van der Waals surface area contributed by atoms with Crippen LogP contribution in [0.2, 0.25) is 0 Å². The lowest BCUT2D eigenvalue weighted by molar-refractivity contribution is -0.0381. The molecule has 0 N–H and O–H groups in total. The molecule has 0 bridgehead atoms. The molecule has 1 saturated carbocycles. The summed E-state index contributed by atoms with van der Waals surface area (Å²) < 4.78 is 27.3. The Morgan fingerprint density at radius 1 is 0.604 bits per heavy atom. The summed E-state index contributed by atoms with van der Waals surface area (Å²) >= 11 is 0. The fourth-order valence-corrected chi connectivity index (χ4v) is 2.93. The highest BCUT2D eigenvalue weighted by Gasteiger charge is 2.21. The van der Waals surface area contributed by atoms with E-state index in [4.69, 9.17) is 9.47 Å². The number of para-hydroxylation sites is 1. The van der Waals surface area contributed by atoms with Crippen LogP contribution in [-0.2, 0) is 15.9 Å². The van der Waals surface area contributed by atoms with Crippen LogP contribution in [0.15, 0.2) is 115 Å². The number of allylic oxidation sites excluding steroid dienone is 2. The smallest absolute Gasteiger partial charge is 0.247 e. The van der Waals surface area contributed by atoms with Gasteiger partial charge in [-0.15, -0.1) is 0 Å². The van der Waals surface area contributed by atoms with Crippen LogP contribution in [0.25, 0.3) is 0 Å². The number of hydrogen-bond acceptors (Lipinski definition) is 3. The first-order valence-electron chi connectivity index (χ1n) is 17.3. The van der Waals surface area contributed by atoms with E-state index in [1.165, 1.54) is 56.1 Å². The maximum Gasteiger partial charge on any atom is 0.247 e. The third kappa shape index (κ3) is 39.0. The van der Waals surface area contributed by atoms with E-state index in [9.17, 15) is 4.39 Å². The predicted molar refractivity (Wildman–Crippen MR) is 216 cm³/mol. The zero-order chi connectivity index (χ0) is 35.7. The van der Waals surface area contributed by atoms with Crippen LogP contribution in [0.4, 0.5) is 4.39 Å². The molecule has 1 fully saturated rings. The van der Waals surface area contributed by atoms with E-state index in [1.807, 2.05) is 122 Å². The fraction of sp³-hybridized carbons (Fsp3) is 0.488. The molecule has 0 atom stereocenters. The second kappa shape index (κ2) is 48.3. The molecule has 2 aliphatic rings. The van der Waals surface area contributed by atoms with Crippen molar-refractivity contribution in [3.05, 3.63) is 126 Å². The van der Waals surface area contributed by atoms with E-state index >= 15 is 0 Å². The van der Waals surface area contributed by atoms with Crippen LogP contribution >= 0.6 is 0 Å². The number of rotatable bonds is 5. The third-order valence-corrected chi connectivity index (χ3v) is 5.63. The molecule has 3 nitrogen and oxygen atoms in total. The van der Waals surface area contributed by atoms with Crippen LogP contribution in [0, 0.1) is 6.92 Å². The van der Waals surface area contributed by atoms with Gasteiger partial charge in [-0.1, -0.05) is 185 Å². The van der Waals surface area contributed by atoms with Crippen LogP contribution in [0.1, 0.15) is 106 Å². The minimum atomic E-state index is -1.64. The molecule has 5 rings (SSSR count). The van der Waals surface area contributed by atoms with Crippen molar-refractivity contribution in [2.24, 2.45) is 0 Å². The summed E-state index contributed by atoms with van der Waals surface area (Å²) in [6, 6.07) is 30.3. The minimum Gasteiger partial charge on any atom is -0.497 e. The van der Waals surface area contributed by atoms with E-state index in [-0.39, 0.29) is 15.8 Å². The summed E-state index contributed by atoms with van der Waals surface area (Å²) in [6.45, 7) is 18.9. The molecular weight excluding hydrogens is 594 g/mol. The van der Waals surface area contributed by atoms with Gasteiger partial charge in [0.1, 0.15) is 5.75 Å². The molecule has 0 amide bonds. The molecule has 0 aromatic heterocycles. The highest BCUT2D eigenvalue weighted by Crippen LogP contribution is 2.19. The van der Waals surface area contributed by atoms with Gasteiger partial charge in [-0.2, -0.15) is 0 Å². The van der Waals surface area contributed by atoms with Gasteiger partial charge in [0.15, 0.2) is 0 Å². The van der Waals surface area contributed by atoms with Gasteiger partial charge in [-0.3, -0.25) is 0 Å². The summed E-state index contributed by atoms with van der Waals surface area (Å²) in [7, 11) is 4.73. The average Bonchev–Trinajstić information content (AvgIpc) is 3.12. The van der Waals surface area contributed by atoms with Crippen LogP contribution in [-0.4, -0.2) is 42.2 Å². The monoisotopic (exact) mass is 668 g/mol. The van der Waals surface area contributed by atoms with Gasteiger partial charge in [0.05, 0.1) is 13.7 Å². The van der Waals surface area contributed by atoms with Crippen LogP contribution < -0.4 is 4.74 Å². The molecule has 3 aromatic rings. The lowest BCUT2D eigenvalue weighted by Gasteiger charge is -2.16. The zero-order valence-electron chi connectivity index (χ0n) is 32.1. The SMILES string of the molecule is C.C1CCC1.CC.CC.CC.CC.COC1(F)C=CCC=C1.COCCc1ccccc1.COc1ccccc1.Cc1ccccc1.[B]. The Hall–Kier alpha value is -3.15. The number of methoxy groups -OCH3 is 3. The summed E-state index contributed by atoms with van der Waals surface area (Å²) in [4.78, 5) is 0. The Kier molecular flexibility index (Phi) is 57.4. The number of alkyl halides is 1. The maximum absolute atomic E-state index is 12.9. The van der Waals surface area contributed by atoms with Crippen molar-refractivity contribution in [1.82, 2.24) is 0 Å². The second-order valence-corrected chi connectivity index (χ2v) is 8.76. The Balaban J connectivity index is -0.000000109. The molecule has 2 aliphatic carbocycles. The average molecular weight is 668 g/mol. The van der Waals surface area contributed by atoms with Crippen molar-refractivity contribution in [2.75, 3.05) is 27.9 Å². The quantitative estimate of drug-likeness (QED) is 0.200. The summed E-state index contributed by atoms with van der Waals surface area (Å²) in [6.07, 6.45) is 14.1. The Morgan fingerprint density at radius 3 is 1.23 bits per heavy atom. The van der Waals surface area contributed by atoms with Crippen LogP contribution in [0.5, 0.6) is 5.75 Å². The van der Waals surface area contributed by atoms with Crippen molar-refractivity contribution >= 4 is 8.41 Å². The first-order chi connectivity index (χ1) is 22.5. The van der Waals surface area contributed by atoms with Crippen molar-refractivity contribution in [1.29, 1.82) is 0 Å². The van der Waals surface area contributed by atoms with E-state index in [1.54, 1.807) is 26.4 Å². The molecule has 0 aliphatic heterocycles. The van der Waals surface area contributed by atoms with Gasteiger partial charge in [0.2, 0.25) is 5.85 Å². The number of ether oxygens (including phenoxy) is 3. The van der Waals surface area contributed by atoms with Gasteiger partial charge < -0.3 is 14.2 Å². The molecule has 0 spiro atoms. The largest absolute Gasteiger partial charge is 0.497 e. The topological polar surface area (TPSA) is 27.7 Å². The van der Waals surface area contributed by atoms with E-state index < -0.39 is 5.85 Å². The first-order valence-corrected chi connectivity index (χ1v) is 17.3.